The van der Waals surface area contributed by atoms with Gasteiger partial charge in [-0.05, 0) is 19.8 Å². The molecular formula is C23H29N5O. The number of nitrogens with one attached hydrogen (secondary N) is 1. The molecule has 1 N–H and O–H groups in total. The van der Waals surface area contributed by atoms with E-state index in [0.29, 0.717) is 19.0 Å². The van der Waals surface area contributed by atoms with Gasteiger partial charge < -0.3 is 14.5 Å². The van der Waals surface area contributed by atoms with E-state index in [-0.39, 0.29) is 5.91 Å². The highest BCUT2D eigenvalue weighted by Crippen LogP contribution is 2.31. The Morgan fingerprint density at radius 1 is 1.10 bits per heavy atom. The average Bonchev–Trinajstić information content (AvgIpc) is 3.39. The van der Waals surface area contributed by atoms with E-state index in [2.05, 4.69) is 38.5 Å². The summed E-state index contributed by atoms with van der Waals surface area (Å²) in [6.07, 6.45) is 12.0. The Morgan fingerprint density at radius 3 is 2.66 bits per heavy atom. The van der Waals surface area contributed by atoms with Crippen molar-refractivity contribution in [3.63, 3.8) is 0 Å². The first-order valence-corrected chi connectivity index (χ1v) is 10.7. The number of hydrogen-bond acceptors (Lipinski definition) is 3. The predicted molar refractivity (Wildman–Crippen MR) is 114 cm³/mol. The van der Waals surface area contributed by atoms with Crippen LogP contribution in [-0.2, 0) is 17.9 Å². The standard InChI is InChI=1S/C23H29N5O/c1-2-27-16-24-15-20(27)23-22(18-9-5-3-6-10-18)25-17-28(23)14-13-21(29)26-19-11-7-4-8-12-19/h3,5-6,9-10,15-17,19H,2,4,7-8,11-14H2,1H3,(H,26,29). The van der Waals surface area contributed by atoms with Crippen LogP contribution in [0.1, 0.15) is 45.4 Å². The van der Waals surface area contributed by atoms with Gasteiger partial charge in [-0.15, -0.1) is 0 Å². The maximum atomic E-state index is 12.5. The Kier molecular flexibility index (Phi) is 6.08. The van der Waals surface area contributed by atoms with Gasteiger partial charge in [-0.2, -0.15) is 0 Å². The fourth-order valence-corrected chi connectivity index (χ4v) is 4.17. The van der Waals surface area contributed by atoms with E-state index in [9.17, 15) is 4.79 Å². The largest absolute Gasteiger partial charge is 0.353 e. The maximum absolute atomic E-state index is 12.5. The van der Waals surface area contributed by atoms with Gasteiger partial charge in [0.05, 0.1) is 35.9 Å². The summed E-state index contributed by atoms with van der Waals surface area (Å²) in [4.78, 5) is 21.6. The third-order valence-corrected chi connectivity index (χ3v) is 5.73. The number of benzene rings is 1. The summed E-state index contributed by atoms with van der Waals surface area (Å²) in [5.41, 5.74) is 4.03. The highest BCUT2D eigenvalue weighted by molar-refractivity contribution is 5.78. The van der Waals surface area contributed by atoms with Crippen molar-refractivity contribution in [3.05, 3.63) is 49.2 Å². The number of amides is 1. The number of carbonyl (C=O) groups is 1. The molecule has 29 heavy (non-hydrogen) atoms. The minimum atomic E-state index is 0.127. The minimum absolute atomic E-state index is 0.127. The molecule has 4 rings (SSSR count). The van der Waals surface area contributed by atoms with Crippen molar-refractivity contribution in [2.75, 3.05) is 0 Å². The van der Waals surface area contributed by atoms with Crippen molar-refractivity contribution in [3.8, 4) is 22.6 Å². The molecular weight excluding hydrogens is 362 g/mol. The van der Waals surface area contributed by atoms with Crippen molar-refractivity contribution in [2.24, 2.45) is 0 Å². The third-order valence-electron chi connectivity index (χ3n) is 5.73. The molecule has 0 bridgehead atoms. The van der Waals surface area contributed by atoms with Crippen molar-refractivity contribution >= 4 is 5.91 Å². The molecule has 1 aliphatic carbocycles. The highest BCUT2D eigenvalue weighted by Gasteiger charge is 2.20. The molecule has 3 aromatic rings. The summed E-state index contributed by atoms with van der Waals surface area (Å²) in [6.45, 7) is 3.53. The molecule has 1 aliphatic rings. The van der Waals surface area contributed by atoms with Crippen LogP contribution in [0.3, 0.4) is 0 Å². The lowest BCUT2D eigenvalue weighted by Crippen LogP contribution is -2.36. The van der Waals surface area contributed by atoms with Crippen LogP contribution < -0.4 is 5.32 Å². The van der Waals surface area contributed by atoms with E-state index in [4.69, 9.17) is 4.98 Å². The Morgan fingerprint density at radius 2 is 1.90 bits per heavy atom. The molecule has 0 unspecified atom stereocenters. The van der Waals surface area contributed by atoms with Gasteiger partial charge in [0.25, 0.3) is 0 Å². The number of imidazole rings is 2. The molecule has 0 atom stereocenters. The van der Waals surface area contributed by atoms with Crippen molar-refractivity contribution in [1.82, 2.24) is 24.4 Å². The second kappa shape index (κ2) is 9.07. The Labute approximate surface area is 172 Å². The fraction of sp³-hybridized carbons (Fsp3) is 0.435. The zero-order valence-electron chi connectivity index (χ0n) is 17.1. The number of rotatable bonds is 7. The monoisotopic (exact) mass is 391 g/mol. The van der Waals surface area contributed by atoms with Crippen molar-refractivity contribution in [1.29, 1.82) is 0 Å². The lowest BCUT2D eigenvalue weighted by molar-refractivity contribution is -0.122. The SMILES string of the molecule is CCn1cncc1-c1c(-c2ccccc2)ncn1CCC(=O)NC1CCCCC1. The van der Waals surface area contributed by atoms with Gasteiger partial charge >= 0.3 is 0 Å². The summed E-state index contributed by atoms with van der Waals surface area (Å²) < 4.78 is 4.20. The van der Waals surface area contributed by atoms with Gasteiger partial charge in [-0.1, -0.05) is 49.6 Å². The lowest BCUT2D eigenvalue weighted by atomic mass is 9.95. The van der Waals surface area contributed by atoms with Crippen LogP contribution in [0.4, 0.5) is 0 Å². The van der Waals surface area contributed by atoms with Crippen LogP contribution in [-0.4, -0.2) is 31.1 Å². The topological polar surface area (TPSA) is 64.7 Å². The van der Waals surface area contributed by atoms with Gasteiger partial charge in [0.1, 0.15) is 0 Å². The summed E-state index contributed by atoms with van der Waals surface area (Å²) in [5, 5.41) is 3.21. The number of aryl methyl sites for hydroxylation is 2. The van der Waals surface area contributed by atoms with E-state index in [1.807, 2.05) is 37.1 Å². The predicted octanol–water partition coefficient (Wildman–Crippen LogP) is 4.27. The molecule has 1 saturated carbocycles. The van der Waals surface area contributed by atoms with Crippen LogP contribution in [0.2, 0.25) is 0 Å². The highest BCUT2D eigenvalue weighted by atomic mass is 16.1. The zero-order chi connectivity index (χ0) is 20.1. The van der Waals surface area contributed by atoms with Gasteiger partial charge in [0, 0.05) is 31.1 Å². The summed E-state index contributed by atoms with van der Waals surface area (Å²) in [7, 11) is 0. The van der Waals surface area contributed by atoms with Crippen LogP contribution in [0, 0.1) is 0 Å². The molecule has 2 heterocycles. The molecule has 152 valence electrons. The van der Waals surface area contributed by atoms with E-state index < -0.39 is 0 Å². The third kappa shape index (κ3) is 4.42. The number of carbonyl (C=O) groups excluding carboxylic acids is 1. The van der Waals surface area contributed by atoms with Gasteiger partial charge in [0.15, 0.2) is 0 Å². The average molecular weight is 392 g/mol. The van der Waals surface area contributed by atoms with E-state index in [0.717, 1.165) is 42.0 Å². The normalized spacial score (nSPS) is 14.8. The summed E-state index contributed by atoms with van der Waals surface area (Å²) >= 11 is 0. The molecule has 1 amide bonds. The number of nitrogens with zero attached hydrogens (tertiary/aromatic N) is 4. The molecule has 6 nitrogen and oxygen atoms in total. The smallest absolute Gasteiger partial charge is 0.222 e. The molecule has 0 radical (unpaired) electrons. The second-order valence-corrected chi connectivity index (χ2v) is 7.72. The Bertz CT molecular complexity index is 937. The van der Waals surface area contributed by atoms with Crippen molar-refractivity contribution in [2.45, 2.75) is 64.6 Å². The molecule has 0 saturated heterocycles. The van der Waals surface area contributed by atoms with E-state index in [1.54, 1.807) is 0 Å². The van der Waals surface area contributed by atoms with Gasteiger partial charge in [0.2, 0.25) is 5.91 Å². The van der Waals surface area contributed by atoms with Crippen LogP contribution in [0.15, 0.2) is 49.2 Å². The molecule has 0 spiro atoms. The number of aromatic nitrogens is 4. The molecule has 1 fully saturated rings. The molecule has 1 aromatic carbocycles. The van der Waals surface area contributed by atoms with E-state index >= 15 is 0 Å². The summed E-state index contributed by atoms with van der Waals surface area (Å²) in [5.74, 6) is 0.127. The molecule has 0 aliphatic heterocycles. The van der Waals surface area contributed by atoms with Crippen LogP contribution in [0.25, 0.3) is 22.6 Å². The first-order valence-electron chi connectivity index (χ1n) is 10.7. The summed E-state index contributed by atoms with van der Waals surface area (Å²) in [6, 6.07) is 10.5. The van der Waals surface area contributed by atoms with Gasteiger partial charge in [-0.25, -0.2) is 9.97 Å². The van der Waals surface area contributed by atoms with Crippen LogP contribution in [0.5, 0.6) is 0 Å². The first kappa shape index (κ1) is 19.4. The van der Waals surface area contributed by atoms with Crippen LogP contribution >= 0.6 is 0 Å². The minimum Gasteiger partial charge on any atom is -0.353 e. The quantitative estimate of drug-likeness (QED) is 0.654. The Balaban J connectivity index is 1.56. The Hall–Kier alpha value is -2.89. The maximum Gasteiger partial charge on any atom is 0.222 e. The van der Waals surface area contributed by atoms with E-state index in [1.165, 1.54) is 19.3 Å². The first-order chi connectivity index (χ1) is 14.3. The molecule has 6 heteroatoms. The lowest BCUT2D eigenvalue weighted by Gasteiger charge is -2.22. The van der Waals surface area contributed by atoms with Gasteiger partial charge in [-0.3, -0.25) is 4.79 Å². The zero-order valence-corrected chi connectivity index (χ0v) is 17.1. The second-order valence-electron chi connectivity index (χ2n) is 7.72. The molecule has 2 aromatic heterocycles. The fourth-order valence-electron chi connectivity index (χ4n) is 4.17. The number of hydrogen-bond donors (Lipinski definition) is 1. The van der Waals surface area contributed by atoms with Crippen molar-refractivity contribution < 1.29 is 4.79 Å².